The minimum absolute atomic E-state index is 0.00656. The Labute approximate surface area is 725 Å². The topological polar surface area (TPSA) is 187 Å². The number of ether oxygens (including phenoxy) is 1. The molecule has 0 saturated heterocycles. The number of aromatic nitrogens is 10. The second-order valence-corrected chi connectivity index (χ2v) is 36.6. The Hall–Kier alpha value is -11.5. The molecule has 21 rings (SSSR count). The molecule has 0 unspecified atom stereocenters. The third kappa shape index (κ3) is 16.0. The van der Waals surface area contributed by atoms with Crippen LogP contribution < -0.4 is 4.74 Å². The van der Waals surface area contributed by atoms with E-state index in [9.17, 15) is 51.2 Å². The summed E-state index contributed by atoms with van der Waals surface area (Å²) in [6.07, 6.45) is 33.4. The highest BCUT2D eigenvalue weighted by Crippen LogP contribution is 2.60. The van der Waals surface area contributed by atoms with Crippen molar-refractivity contribution >= 4 is 45.7 Å². The van der Waals surface area contributed by atoms with Crippen molar-refractivity contribution in [3.63, 3.8) is 0 Å². The number of halogens is 7. The van der Waals surface area contributed by atoms with Crippen LogP contribution >= 0.6 is 11.3 Å². The highest BCUT2D eigenvalue weighted by atomic mass is 32.1. The van der Waals surface area contributed by atoms with Crippen LogP contribution in [0.2, 0.25) is 0 Å². The fraction of sp³-hybridized carbons (Fsp3) is 0.333. The van der Waals surface area contributed by atoms with E-state index < -0.39 is 42.0 Å². The van der Waals surface area contributed by atoms with Gasteiger partial charge in [-0.1, -0.05) is 74.3 Å². The first-order valence-corrected chi connectivity index (χ1v) is 44.2. The molecule has 0 bridgehead atoms. The van der Waals surface area contributed by atoms with E-state index in [1.54, 1.807) is 85.3 Å². The van der Waals surface area contributed by atoms with Crippen LogP contribution in [-0.4, -0.2) is 76.1 Å². The molecule has 125 heavy (non-hydrogen) atoms. The molecule has 4 N–H and O–H groups in total. The van der Waals surface area contributed by atoms with Crippen LogP contribution in [-0.2, 0) is 25.7 Å². The molecule has 15 nitrogen and oxygen atoms in total. The van der Waals surface area contributed by atoms with E-state index in [0.29, 0.717) is 17.5 Å². The van der Waals surface area contributed by atoms with Crippen molar-refractivity contribution in [1.29, 1.82) is 0 Å². The minimum Gasteiger partial charge on any atom is -0.491 e. The van der Waals surface area contributed by atoms with Crippen molar-refractivity contribution in [3.8, 4) is 28.5 Å². The average Bonchev–Trinajstić information content (AvgIpc) is 1.54. The lowest BCUT2D eigenvalue weighted by Gasteiger charge is -2.47. The van der Waals surface area contributed by atoms with Crippen LogP contribution in [0.1, 0.15) is 203 Å². The summed E-state index contributed by atoms with van der Waals surface area (Å²) in [6, 6.07) is 43.0. The van der Waals surface area contributed by atoms with Gasteiger partial charge in [-0.05, 0) is 368 Å². The number of aliphatic hydroxyl groups excluding tert-OH is 4. The van der Waals surface area contributed by atoms with E-state index in [4.69, 9.17) is 4.74 Å². The maximum atomic E-state index is 14.3. The quantitative estimate of drug-likeness (QED) is 0.0599. The molecule has 8 aliphatic rings. The smallest absolute Gasteiger partial charge is 0.212 e. The van der Waals surface area contributed by atoms with Gasteiger partial charge in [-0.2, -0.15) is 29.2 Å². The average molecular weight is 1710 g/mol. The minimum atomic E-state index is -1.04. The van der Waals surface area contributed by atoms with Gasteiger partial charge in [0.1, 0.15) is 23.3 Å². The lowest BCUT2D eigenvalue weighted by atomic mass is 9.57. The number of hydrogen-bond acceptors (Lipinski definition) is 12. The van der Waals surface area contributed by atoms with Crippen LogP contribution in [0.15, 0.2) is 229 Å². The lowest BCUT2D eigenvalue weighted by Crippen LogP contribution is -2.40. The predicted molar refractivity (Wildman–Crippen MR) is 470 cm³/mol. The summed E-state index contributed by atoms with van der Waals surface area (Å²) in [4.78, 5) is 7.80. The SMILES string of the molecule is CCOc1cc([C@@H](O)[C@H]2CCCC3=Cc4c(cnn4-c4ccc(F)cc4)C[C@@]32C)cc(F)c1F.C[C@]12Cc3cnn(-c4ccc(F)cc4)c3C=C1CCC[C@@H]2[C@H](O)c1ccc(F)nc1.C[C@]12Cc3cnn(-c4ccc(F)cc4)c3C=C1CCC[C@@H]2[C@H](O)c1ccncc1.C[C@]12Cc3cnn(-c4ccc(F)cc4)c3C=C1CCC[C@@H]2[C@H](O)c1csc2ccccc12. The Morgan fingerprint density at radius 2 is 0.776 bits per heavy atom. The van der Waals surface area contributed by atoms with E-state index in [1.165, 1.54) is 110 Å². The molecule has 23 heteroatoms. The molecule has 6 aromatic carbocycles. The van der Waals surface area contributed by atoms with Crippen LogP contribution in [0.3, 0.4) is 0 Å². The van der Waals surface area contributed by atoms with E-state index >= 15 is 0 Å². The van der Waals surface area contributed by atoms with Gasteiger partial charge in [0.25, 0.3) is 0 Å². The summed E-state index contributed by atoms with van der Waals surface area (Å²) in [5.74, 6) is -3.73. The number of benzene rings is 6. The van der Waals surface area contributed by atoms with Gasteiger partial charge >= 0.3 is 0 Å². The molecule has 13 aromatic rings. The van der Waals surface area contributed by atoms with E-state index in [-0.39, 0.29) is 81.0 Å². The summed E-state index contributed by atoms with van der Waals surface area (Å²) in [5, 5.41) is 67.0. The van der Waals surface area contributed by atoms with Crippen molar-refractivity contribution in [2.45, 2.75) is 162 Å². The Bertz CT molecular complexity index is 6260. The van der Waals surface area contributed by atoms with E-state index in [0.717, 1.165) is 170 Å². The van der Waals surface area contributed by atoms with Gasteiger partial charge < -0.3 is 25.2 Å². The first-order valence-electron chi connectivity index (χ1n) is 43.3. The summed E-state index contributed by atoms with van der Waals surface area (Å²) in [5.41, 5.74) is 19.4. The molecule has 7 aromatic heterocycles. The maximum absolute atomic E-state index is 14.3. The number of nitrogens with zero attached hydrogens (tertiary/aromatic N) is 10. The van der Waals surface area contributed by atoms with Crippen LogP contribution in [0.25, 0.3) is 57.1 Å². The largest absolute Gasteiger partial charge is 0.491 e. The molecule has 4 saturated carbocycles. The fourth-order valence-corrected chi connectivity index (χ4v) is 22.8. The lowest BCUT2D eigenvalue weighted by molar-refractivity contribution is 0.0211. The van der Waals surface area contributed by atoms with Crippen LogP contribution in [0.5, 0.6) is 5.75 Å². The molecular formula is C102H99F7N10O5S. The van der Waals surface area contributed by atoms with Crippen molar-refractivity contribution in [2.75, 3.05) is 6.61 Å². The summed E-state index contributed by atoms with van der Waals surface area (Å²) < 4.78 is 109. The fourth-order valence-electron chi connectivity index (χ4n) is 21.8. The van der Waals surface area contributed by atoms with Gasteiger partial charge in [0.15, 0.2) is 11.6 Å². The Balaban J connectivity index is 0.000000113. The second kappa shape index (κ2) is 34.5. The van der Waals surface area contributed by atoms with Crippen molar-refractivity contribution in [3.05, 3.63) is 337 Å². The van der Waals surface area contributed by atoms with Crippen molar-refractivity contribution in [2.24, 2.45) is 45.3 Å². The predicted octanol–water partition coefficient (Wildman–Crippen LogP) is 22.8. The first-order chi connectivity index (χ1) is 60.4. The molecule has 642 valence electrons. The molecular weight excluding hydrogens is 1610 g/mol. The van der Waals surface area contributed by atoms with Gasteiger partial charge in [-0.3, -0.25) is 4.98 Å². The molecule has 7 heterocycles. The number of fused-ring (bicyclic) bond motifs is 9. The summed E-state index contributed by atoms with van der Waals surface area (Å²) in [6.45, 7) is 10.8. The summed E-state index contributed by atoms with van der Waals surface area (Å²) >= 11 is 1.71. The molecule has 0 radical (unpaired) electrons. The van der Waals surface area contributed by atoms with Gasteiger partial charge in [-0.25, -0.2) is 45.7 Å². The summed E-state index contributed by atoms with van der Waals surface area (Å²) in [7, 11) is 0. The van der Waals surface area contributed by atoms with Crippen LogP contribution in [0.4, 0.5) is 30.7 Å². The van der Waals surface area contributed by atoms with Gasteiger partial charge in [0.05, 0.1) is 101 Å². The Morgan fingerprint density at radius 3 is 1.14 bits per heavy atom. The molecule has 4 fully saturated rings. The number of pyridine rings is 2. The zero-order valence-corrected chi connectivity index (χ0v) is 71.1. The highest BCUT2D eigenvalue weighted by molar-refractivity contribution is 7.17. The third-order valence-electron chi connectivity index (χ3n) is 28.5. The van der Waals surface area contributed by atoms with Crippen LogP contribution in [0, 0.1) is 86.2 Å². The highest BCUT2D eigenvalue weighted by Gasteiger charge is 2.52. The molecule has 12 atom stereocenters. The molecule has 0 spiro atoms. The first kappa shape index (κ1) is 84.4. The Morgan fingerprint density at radius 1 is 0.416 bits per heavy atom. The monoisotopic (exact) mass is 1710 g/mol. The van der Waals surface area contributed by atoms with E-state index in [2.05, 4.69) is 112 Å². The van der Waals surface area contributed by atoms with Gasteiger partial charge in [0, 0.05) is 23.3 Å². The molecule has 8 aliphatic carbocycles. The zero-order chi connectivity index (χ0) is 86.8. The number of allylic oxidation sites excluding steroid dienone is 4. The molecule has 0 amide bonds. The number of aliphatic hydroxyl groups is 4. The zero-order valence-electron chi connectivity index (χ0n) is 70.3. The van der Waals surface area contributed by atoms with E-state index in [1.807, 2.05) is 55.6 Å². The number of hydrogen-bond donors (Lipinski definition) is 4. The maximum Gasteiger partial charge on any atom is 0.212 e. The van der Waals surface area contributed by atoms with Crippen molar-refractivity contribution in [1.82, 2.24) is 49.1 Å². The molecule has 0 aliphatic heterocycles. The van der Waals surface area contributed by atoms with Crippen molar-refractivity contribution < 1.29 is 55.9 Å². The number of thiophene rings is 1. The van der Waals surface area contributed by atoms with Gasteiger partial charge in [0.2, 0.25) is 11.8 Å². The Kier molecular flexibility index (Phi) is 23.3. The second-order valence-electron chi connectivity index (χ2n) is 35.7. The standard InChI is InChI=1S/C27H27F3N2O2.C27H25FN2OS.C24H23F2N3O.C24H24FN3O/c1-3-34-24-12-16(11-22(29)25(24)30)26(33)21-6-4-5-18-13-23-17(14-27(18,21)2)15-31-32(23)20-9-7-19(28)8-10-20;1-27-14-17-15-29-30(20-11-9-19(28)10-12-20)24(17)13-18(27)5-4-7-23(27)26(31)22-16-32-25-8-3-2-6-21(22)25;1-24-12-16-14-28-29(19-8-6-18(25)7-9-19)21(16)11-17(24)3-2-4-20(24)23(30)15-5-10-22(26)27-13-15;1-24-14-17-15-27-28(20-7-5-19(25)6-8-20)22(17)13-18(24)3-2-4-21(24)23(29)16-9-11-26-12-10-16/h7-13,15,21,26,33H,3-6,14H2,1-2H3;2-3,6,8-13,15-16,23,26,31H,4-5,7,14H2,1H3;5-11,13-14,20,23,30H,2-4,12H2,1H3;5-13,15,21,23,29H,2-4,14H2,1H3/t21-,26-,27+;23-,26-,27+;20-,23-,24+;21-,23-,24+/m1111/s1. The third-order valence-corrected chi connectivity index (χ3v) is 29.5. The van der Waals surface area contributed by atoms with Gasteiger partial charge in [-0.15, -0.1) is 11.3 Å². The normalized spacial score (nSPS) is 23.6. The number of rotatable bonds is 14.